The molecule has 7 heteroatoms. The first-order valence-corrected chi connectivity index (χ1v) is 36.8. The first-order valence-electron chi connectivity index (χ1n) is 36.8. The van der Waals surface area contributed by atoms with Gasteiger partial charge in [0.2, 0.25) is 44.8 Å². The van der Waals surface area contributed by atoms with Gasteiger partial charge in [-0.05, 0) is 248 Å². The minimum Gasteiger partial charge on any atom is -0.207 e. The molecule has 4 heterocycles. The van der Waals surface area contributed by atoms with E-state index in [9.17, 15) is 13.2 Å². The molecule has 0 unspecified atom stereocenters. The largest absolute Gasteiger partial charge is 0.213 e. The van der Waals surface area contributed by atoms with Crippen LogP contribution < -0.4 is 18.3 Å². The number of rotatable bonds is 14. The number of hydrogen-bond donors (Lipinski definition) is 0. The topological polar surface area (TPSA) is 15.5 Å². The molecular weight excluding hydrogens is 1240 g/mol. The summed E-state index contributed by atoms with van der Waals surface area (Å²) in [6.07, 6.45) is 4.53. The number of fused-ring (bicyclic) bond motifs is 4. The van der Waals surface area contributed by atoms with E-state index in [1.54, 1.807) is 18.2 Å². The molecule has 0 saturated heterocycles. The molecular formula is C94H113F3N4+4. The van der Waals surface area contributed by atoms with Gasteiger partial charge in [-0.2, -0.15) is 18.3 Å². The lowest BCUT2D eigenvalue weighted by atomic mass is 9.92. The Labute approximate surface area is 603 Å². The van der Waals surface area contributed by atoms with Crippen LogP contribution in [0.25, 0.3) is 88.6 Å². The van der Waals surface area contributed by atoms with Crippen LogP contribution in [0.3, 0.4) is 0 Å². The molecule has 0 aliphatic rings. The Hall–Kier alpha value is -8.81. The van der Waals surface area contributed by atoms with Crippen LogP contribution in [0, 0.1) is 116 Å². The van der Waals surface area contributed by atoms with E-state index in [0.29, 0.717) is 29.6 Å². The lowest BCUT2D eigenvalue weighted by Gasteiger charge is -2.15. The van der Waals surface area contributed by atoms with Gasteiger partial charge >= 0.3 is 0 Å². The second-order valence-corrected chi connectivity index (χ2v) is 31.4. The normalized spacial score (nSPS) is 11.6. The highest BCUT2D eigenvalue weighted by molar-refractivity contribution is 5.85. The fourth-order valence-corrected chi connectivity index (χ4v) is 14.8. The summed E-state index contributed by atoms with van der Waals surface area (Å²) < 4.78 is 52.0. The van der Waals surface area contributed by atoms with Crippen LogP contribution in [0.2, 0.25) is 0 Å². The van der Waals surface area contributed by atoms with E-state index < -0.39 is 0 Å². The second kappa shape index (κ2) is 32.5. The average molecular weight is 1360 g/mol. The third-order valence-corrected chi connectivity index (χ3v) is 20.2. The number of aromatic nitrogens is 4. The average Bonchev–Trinajstić information content (AvgIpc) is 0.789. The third kappa shape index (κ3) is 17.6. The number of halogens is 3. The van der Waals surface area contributed by atoms with Gasteiger partial charge in [0.05, 0.1) is 10.8 Å². The van der Waals surface area contributed by atoms with Crippen molar-refractivity contribution in [2.45, 2.75) is 171 Å². The van der Waals surface area contributed by atoms with Gasteiger partial charge in [0.1, 0.15) is 45.6 Å². The molecule has 12 rings (SSSR count). The van der Waals surface area contributed by atoms with Crippen LogP contribution in [0.15, 0.2) is 158 Å². The van der Waals surface area contributed by atoms with E-state index in [-0.39, 0.29) is 17.5 Å². The van der Waals surface area contributed by atoms with Crippen molar-refractivity contribution >= 4 is 43.6 Å². The Morgan fingerprint density at radius 1 is 0.277 bits per heavy atom. The minimum absolute atomic E-state index is 0.100. The highest BCUT2D eigenvalue weighted by atomic mass is 19.1. The molecule has 0 amide bonds. The molecule has 4 nitrogen and oxygen atoms in total. The lowest BCUT2D eigenvalue weighted by molar-refractivity contribution is -0.633. The molecule has 0 N–H and O–H groups in total. The molecule has 0 radical (unpaired) electrons. The molecule has 0 bridgehead atoms. The molecule has 0 saturated carbocycles. The van der Waals surface area contributed by atoms with Crippen molar-refractivity contribution in [2.75, 3.05) is 0 Å². The van der Waals surface area contributed by atoms with Crippen molar-refractivity contribution < 1.29 is 31.4 Å². The maximum atomic E-state index is 14.4. The van der Waals surface area contributed by atoms with Crippen molar-refractivity contribution in [3.05, 3.63) is 259 Å². The maximum absolute atomic E-state index is 14.4. The highest BCUT2D eigenvalue weighted by Gasteiger charge is 2.25. The number of hydrogen-bond acceptors (Lipinski definition) is 0. The third-order valence-electron chi connectivity index (χ3n) is 20.2. The Bertz CT molecular complexity index is 4980. The summed E-state index contributed by atoms with van der Waals surface area (Å²) >= 11 is 0. The highest BCUT2D eigenvalue weighted by Crippen LogP contribution is 2.34. The summed E-state index contributed by atoms with van der Waals surface area (Å²) in [4.78, 5) is 0. The van der Waals surface area contributed by atoms with Crippen molar-refractivity contribution in [1.82, 2.24) is 0 Å². The predicted octanol–water partition coefficient (Wildman–Crippen LogP) is 22.8. The smallest absolute Gasteiger partial charge is 0.207 e. The number of nitrogens with zero attached hydrogens (tertiary/aromatic N) is 4. The van der Waals surface area contributed by atoms with Crippen molar-refractivity contribution in [1.29, 1.82) is 0 Å². The zero-order valence-electron chi connectivity index (χ0n) is 65.4. The van der Waals surface area contributed by atoms with Gasteiger partial charge in [0, 0.05) is 92.7 Å². The maximum Gasteiger partial charge on any atom is 0.213 e. The van der Waals surface area contributed by atoms with Gasteiger partial charge in [-0.15, -0.1) is 0 Å². The second-order valence-electron chi connectivity index (χ2n) is 31.4. The standard InChI is InChI=1S/C27H36N.C23H27FN.2C22H25FN/c1-17(2)11-22-15-23(12-18(3)4)24-9-10-26(28(8)27(24)16-22)25-14-19(5)13-20(6)21(25)7;1-14(2)11-20-18-7-9-23(25(6)22(18)10-8-21(20)24)19-13-15(3)12-16(4)17(19)5;1-14(2)12-19-17-8-10-22(18-13-15(3)6-7-16(18)4)24(5)21(17)11-9-20(19)23;1-14(2)10-18-13-22-17(12-20(18)23)8-9-21(24(22)5)19-11-15(3)6-7-16(19)4/h9-10,13-18H,11-12H2,1-8H3;7-10,12-14H,11H2,1-6H3;6-11,13-14H,12H2,1-5H3;6-9,11-14H,10H2,1-5H3/q4*+1. The summed E-state index contributed by atoms with van der Waals surface area (Å²) in [6, 6.07) is 54.8. The van der Waals surface area contributed by atoms with E-state index in [1.807, 2.05) is 24.3 Å². The molecule has 0 atom stereocenters. The quantitative estimate of drug-likeness (QED) is 0.0965. The van der Waals surface area contributed by atoms with Crippen LogP contribution >= 0.6 is 0 Å². The summed E-state index contributed by atoms with van der Waals surface area (Å²) in [7, 11) is 8.44. The van der Waals surface area contributed by atoms with Crippen LogP contribution in [0.5, 0.6) is 0 Å². The molecule has 0 fully saturated rings. The van der Waals surface area contributed by atoms with E-state index in [1.165, 1.54) is 111 Å². The van der Waals surface area contributed by atoms with E-state index in [4.69, 9.17) is 0 Å². The fourth-order valence-electron chi connectivity index (χ4n) is 14.8. The summed E-state index contributed by atoms with van der Waals surface area (Å²) in [6.45, 7) is 43.6. The SMILES string of the molecule is Cc1cc(C)c(C)c(-c2ccc3c(CC(C)C)c(F)ccc3[n+]2C)c1.Cc1cc(C)c(C)c(-c2ccc3c(CC(C)C)cc(CC(C)C)cc3[n+]2C)c1.Cc1ccc(C)c(-c2ccc3c(CC(C)C)c(F)ccc3[n+]2C)c1.Cc1ccc(C)c(-c2ccc3cc(F)c(CC(C)C)cc3[n+]2C)c1. The van der Waals surface area contributed by atoms with Gasteiger partial charge < -0.3 is 0 Å². The number of benzene rings is 8. The van der Waals surface area contributed by atoms with Crippen LogP contribution in [0.4, 0.5) is 13.2 Å². The van der Waals surface area contributed by atoms with Crippen molar-refractivity contribution in [2.24, 2.45) is 57.8 Å². The first kappa shape index (κ1) is 76.4. The van der Waals surface area contributed by atoms with Gasteiger partial charge in [0.25, 0.3) is 0 Å². The molecule has 8 aromatic carbocycles. The number of aryl methyl sites for hydroxylation is 12. The zero-order valence-corrected chi connectivity index (χ0v) is 65.4. The summed E-state index contributed by atoms with van der Waals surface area (Å²) in [5.74, 6) is 2.30. The van der Waals surface area contributed by atoms with E-state index >= 15 is 0 Å². The Morgan fingerprint density at radius 3 is 1.09 bits per heavy atom. The van der Waals surface area contributed by atoms with Crippen LogP contribution in [-0.4, -0.2) is 0 Å². The monoisotopic (exact) mass is 1350 g/mol. The molecule has 101 heavy (non-hydrogen) atoms. The van der Waals surface area contributed by atoms with Crippen LogP contribution in [0.1, 0.15) is 153 Å². The lowest BCUT2D eigenvalue weighted by Crippen LogP contribution is -2.32. The Morgan fingerprint density at radius 2 is 0.653 bits per heavy atom. The first-order chi connectivity index (χ1) is 47.7. The molecule has 0 aliphatic carbocycles. The van der Waals surface area contributed by atoms with Gasteiger partial charge in [-0.3, -0.25) is 0 Å². The molecule has 0 aliphatic heterocycles. The van der Waals surface area contributed by atoms with E-state index in [2.05, 4.69) is 300 Å². The van der Waals surface area contributed by atoms with Crippen LogP contribution in [-0.2, 0) is 60.3 Å². The summed E-state index contributed by atoms with van der Waals surface area (Å²) in [5, 5.41) is 4.37. The van der Waals surface area contributed by atoms with E-state index in [0.717, 1.165) is 92.9 Å². The zero-order chi connectivity index (χ0) is 73.7. The molecule has 4 aromatic heterocycles. The van der Waals surface area contributed by atoms with Gasteiger partial charge in [-0.1, -0.05) is 134 Å². The minimum atomic E-state index is -0.101. The molecule has 526 valence electrons. The summed E-state index contributed by atoms with van der Waals surface area (Å²) in [5.41, 5.74) is 32.7. The Balaban J connectivity index is 0.000000157. The van der Waals surface area contributed by atoms with Gasteiger partial charge in [-0.25, -0.2) is 13.2 Å². The van der Waals surface area contributed by atoms with Gasteiger partial charge in [0.15, 0.2) is 0 Å². The van der Waals surface area contributed by atoms with Crippen molar-refractivity contribution in [3.63, 3.8) is 0 Å². The number of pyridine rings is 4. The predicted molar refractivity (Wildman–Crippen MR) is 422 cm³/mol. The molecule has 0 spiro atoms. The Kier molecular flexibility index (Phi) is 24.5. The molecule has 12 aromatic rings. The van der Waals surface area contributed by atoms with Crippen molar-refractivity contribution in [3.8, 4) is 45.0 Å². The fraction of sp³-hybridized carbons (Fsp3) is 0.362.